The fraction of sp³-hybridized carbons (Fsp3) is 0.412. The van der Waals surface area contributed by atoms with Gasteiger partial charge in [0.2, 0.25) is 0 Å². The lowest BCUT2D eigenvalue weighted by Crippen LogP contribution is -2.11. The van der Waals surface area contributed by atoms with Gasteiger partial charge in [0, 0.05) is 17.3 Å². The largest absolute Gasteiger partial charge is 0.493 e. The van der Waals surface area contributed by atoms with Crippen LogP contribution in [0.2, 0.25) is 0 Å². The van der Waals surface area contributed by atoms with Crippen LogP contribution in [0.15, 0.2) is 29.6 Å². The molecule has 0 fully saturated rings. The first-order valence-electron chi connectivity index (χ1n) is 7.34. The summed E-state index contributed by atoms with van der Waals surface area (Å²) >= 11 is 1.79. The summed E-state index contributed by atoms with van der Waals surface area (Å²) in [5.41, 5.74) is 10.5. The molecule has 20 heavy (non-hydrogen) atoms. The van der Waals surface area contributed by atoms with Crippen LogP contribution in [0.5, 0.6) is 5.75 Å². The molecule has 3 rings (SSSR count). The van der Waals surface area contributed by atoms with E-state index in [1.165, 1.54) is 21.6 Å². The number of benzene rings is 1. The monoisotopic (exact) mass is 287 g/mol. The summed E-state index contributed by atoms with van der Waals surface area (Å²) in [4.78, 5) is 1.36. The first kappa shape index (κ1) is 13.7. The Balaban J connectivity index is 1.64. The summed E-state index contributed by atoms with van der Waals surface area (Å²) in [5.74, 6) is 1.06. The topological polar surface area (TPSA) is 35.2 Å². The maximum absolute atomic E-state index is 6.36. The van der Waals surface area contributed by atoms with Crippen LogP contribution in [0.1, 0.15) is 41.0 Å². The third-order valence-electron chi connectivity index (χ3n) is 4.00. The number of rotatable bonds is 5. The molecule has 0 saturated heterocycles. The van der Waals surface area contributed by atoms with Gasteiger partial charge < -0.3 is 10.5 Å². The van der Waals surface area contributed by atoms with Crippen LogP contribution in [-0.4, -0.2) is 6.61 Å². The van der Waals surface area contributed by atoms with Gasteiger partial charge >= 0.3 is 0 Å². The zero-order valence-electron chi connectivity index (χ0n) is 11.9. The highest BCUT2D eigenvalue weighted by molar-refractivity contribution is 7.10. The minimum atomic E-state index is 0.162. The Hall–Kier alpha value is -1.32. The van der Waals surface area contributed by atoms with E-state index >= 15 is 0 Å². The molecule has 1 atom stereocenters. The third kappa shape index (κ3) is 2.74. The Morgan fingerprint density at radius 1 is 1.35 bits per heavy atom. The molecule has 2 aromatic rings. The van der Waals surface area contributed by atoms with E-state index in [-0.39, 0.29) is 6.04 Å². The fourth-order valence-electron chi connectivity index (χ4n) is 2.81. The van der Waals surface area contributed by atoms with E-state index in [9.17, 15) is 0 Å². The highest BCUT2D eigenvalue weighted by Gasteiger charge is 2.14. The summed E-state index contributed by atoms with van der Waals surface area (Å²) < 4.78 is 5.55. The van der Waals surface area contributed by atoms with Crippen molar-refractivity contribution in [2.45, 2.75) is 38.6 Å². The number of hydrogen-bond acceptors (Lipinski definition) is 3. The molecule has 0 amide bonds. The number of ether oxygens (including phenoxy) is 1. The van der Waals surface area contributed by atoms with Crippen LogP contribution in [0.3, 0.4) is 0 Å². The summed E-state index contributed by atoms with van der Waals surface area (Å²) in [6, 6.07) is 8.92. The Bertz CT molecular complexity index is 590. The molecule has 1 aliphatic rings. The molecule has 1 aromatic carbocycles. The second-order valence-electron chi connectivity index (χ2n) is 5.35. The normalized spacial score (nSPS) is 14.9. The smallest absolute Gasteiger partial charge is 0.122 e. The van der Waals surface area contributed by atoms with Crippen molar-refractivity contribution in [2.75, 3.05) is 6.61 Å². The summed E-state index contributed by atoms with van der Waals surface area (Å²) in [5, 5.41) is 2.15. The van der Waals surface area contributed by atoms with Crippen LogP contribution in [0, 0.1) is 0 Å². The van der Waals surface area contributed by atoms with E-state index in [4.69, 9.17) is 10.5 Å². The number of aryl methyl sites for hydroxylation is 2. The maximum atomic E-state index is 6.36. The molecule has 2 heterocycles. The standard InChI is InChI=1S/C17H21NOS/c1-2-13-8-10-20-17(13)15(18)5-3-12-4-6-16-14(11-12)7-9-19-16/h4,6,8,10-11,15H,2-3,5,7,9,18H2,1H3. The summed E-state index contributed by atoms with van der Waals surface area (Å²) in [6.45, 7) is 3.02. The van der Waals surface area contributed by atoms with Crippen molar-refractivity contribution in [1.29, 1.82) is 0 Å². The molecule has 1 aromatic heterocycles. The van der Waals surface area contributed by atoms with Crippen LogP contribution in [-0.2, 0) is 19.3 Å². The number of hydrogen-bond donors (Lipinski definition) is 1. The molecule has 0 aliphatic carbocycles. The Morgan fingerprint density at radius 3 is 3.10 bits per heavy atom. The number of nitrogens with two attached hydrogens (primary N) is 1. The van der Waals surface area contributed by atoms with Crippen LogP contribution in [0.25, 0.3) is 0 Å². The third-order valence-corrected chi connectivity index (χ3v) is 5.09. The zero-order chi connectivity index (χ0) is 13.9. The molecule has 1 unspecified atom stereocenters. The lowest BCUT2D eigenvalue weighted by molar-refractivity contribution is 0.357. The summed E-state index contributed by atoms with van der Waals surface area (Å²) in [6.07, 6.45) is 4.16. The van der Waals surface area contributed by atoms with Crippen molar-refractivity contribution in [2.24, 2.45) is 5.73 Å². The quantitative estimate of drug-likeness (QED) is 0.906. The van der Waals surface area contributed by atoms with E-state index in [0.29, 0.717) is 0 Å². The SMILES string of the molecule is CCc1ccsc1C(N)CCc1ccc2c(c1)CCO2. The lowest BCUT2D eigenvalue weighted by Gasteiger charge is -2.12. The number of thiophene rings is 1. The average Bonchev–Trinajstić information content (AvgIpc) is 3.12. The van der Waals surface area contributed by atoms with Crippen LogP contribution < -0.4 is 10.5 Å². The van der Waals surface area contributed by atoms with Crippen molar-refractivity contribution in [3.05, 3.63) is 51.2 Å². The first-order chi connectivity index (χ1) is 9.78. The van der Waals surface area contributed by atoms with Gasteiger partial charge in [-0.15, -0.1) is 11.3 Å². The second kappa shape index (κ2) is 5.98. The van der Waals surface area contributed by atoms with Gasteiger partial charge in [-0.2, -0.15) is 0 Å². The molecule has 0 bridgehead atoms. The van der Waals surface area contributed by atoms with Gasteiger partial charge in [-0.25, -0.2) is 0 Å². The predicted molar refractivity (Wildman–Crippen MR) is 84.6 cm³/mol. The van der Waals surface area contributed by atoms with Crippen LogP contribution >= 0.6 is 11.3 Å². The summed E-state index contributed by atoms with van der Waals surface area (Å²) in [7, 11) is 0. The average molecular weight is 287 g/mol. The molecule has 2 N–H and O–H groups in total. The molecular weight excluding hydrogens is 266 g/mol. The predicted octanol–water partition coefficient (Wildman–Crippen LogP) is 3.88. The molecule has 2 nitrogen and oxygen atoms in total. The molecule has 0 spiro atoms. The molecule has 106 valence electrons. The van der Waals surface area contributed by atoms with Gasteiger partial charge in [0.1, 0.15) is 5.75 Å². The van der Waals surface area contributed by atoms with Crippen molar-refractivity contribution < 1.29 is 4.74 Å². The van der Waals surface area contributed by atoms with Crippen molar-refractivity contribution in [1.82, 2.24) is 0 Å². The molecule has 0 radical (unpaired) electrons. The van der Waals surface area contributed by atoms with Crippen LogP contribution in [0.4, 0.5) is 0 Å². The lowest BCUT2D eigenvalue weighted by atomic mass is 10.00. The maximum Gasteiger partial charge on any atom is 0.122 e. The first-order valence-corrected chi connectivity index (χ1v) is 8.22. The van der Waals surface area contributed by atoms with Crippen molar-refractivity contribution in [3.8, 4) is 5.75 Å². The Labute approximate surface area is 124 Å². The second-order valence-corrected chi connectivity index (χ2v) is 6.30. The fourth-order valence-corrected chi connectivity index (χ4v) is 3.85. The van der Waals surface area contributed by atoms with Gasteiger partial charge in [0.05, 0.1) is 6.61 Å². The van der Waals surface area contributed by atoms with Crippen molar-refractivity contribution >= 4 is 11.3 Å². The molecule has 0 saturated carbocycles. The van der Waals surface area contributed by atoms with E-state index < -0.39 is 0 Å². The van der Waals surface area contributed by atoms with E-state index in [1.54, 1.807) is 11.3 Å². The highest BCUT2D eigenvalue weighted by atomic mass is 32.1. The van der Waals surface area contributed by atoms with Gasteiger partial charge in [-0.3, -0.25) is 0 Å². The molecule has 3 heteroatoms. The molecule has 1 aliphatic heterocycles. The van der Waals surface area contributed by atoms with Gasteiger partial charge in [0.25, 0.3) is 0 Å². The Morgan fingerprint density at radius 2 is 2.25 bits per heavy atom. The van der Waals surface area contributed by atoms with Gasteiger partial charge in [-0.1, -0.05) is 19.1 Å². The van der Waals surface area contributed by atoms with E-state index in [0.717, 1.165) is 38.0 Å². The Kier molecular flexibility index (Phi) is 4.08. The van der Waals surface area contributed by atoms with E-state index in [1.807, 2.05) is 0 Å². The zero-order valence-corrected chi connectivity index (χ0v) is 12.7. The highest BCUT2D eigenvalue weighted by Crippen LogP contribution is 2.29. The van der Waals surface area contributed by atoms with Gasteiger partial charge in [0.15, 0.2) is 0 Å². The van der Waals surface area contributed by atoms with E-state index in [2.05, 4.69) is 36.6 Å². The van der Waals surface area contributed by atoms with Gasteiger partial charge in [-0.05, 0) is 53.5 Å². The molecular formula is C17H21NOS. The number of fused-ring (bicyclic) bond motifs is 1. The minimum absolute atomic E-state index is 0.162. The minimum Gasteiger partial charge on any atom is -0.493 e. The van der Waals surface area contributed by atoms with Crippen molar-refractivity contribution in [3.63, 3.8) is 0 Å².